The fourth-order valence-electron chi connectivity index (χ4n) is 1.79. The number of fused-ring (bicyclic) bond motifs is 1. The topological polar surface area (TPSA) is 67.2 Å². The van der Waals surface area contributed by atoms with Gasteiger partial charge in [0.25, 0.3) is 0 Å². The van der Waals surface area contributed by atoms with Gasteiger partial charge in [-0.1, -0.05) is 6.07 Å². The molecular formula is C12H8F3NO3S. The van der Waals surface area contributed by atoms with E-state index in [1.165, 1.54) is 18.2 Å². The molecule has 1 aliphatic carbocycles. The number of nitrogens with zero attached hydrogens (tertiary/aromatic N) is 1. The lowest BCUT2D eigenvalue weighted by atomic mass is 9.95. The molecule has 2 rings (SSSR count). The Morgan fingerprint density at radius 1 is 1.25 bits per heavy atom. The lowest BCUT2D eigenvalue weighted by molar-refractivity contribution is -0.0522. The Hall–Kier alpha value is -2.01. The van der Waals surface area contributed by atoms with E-state index in [1.807, 2.05) is 6.07 Å². The van der Waals surface area contributed by atoms with Crippen molar-refractivity contribution in [3.05, 3.63) is 40.6 Å². The van der Waals surface area contributed by atoms with E-state index in [-0.39, 0.29) is 12.2 Å². The summed E-state index contributed by atoms with van der Waals surface area (Å²) in [5.74, 6) is -0.264. The van der Waals surface area contributed by atoms with Crippen LogP contribution in [-0.2, 0) is 20.7 Å². The molecule has 1 aromatic carbocycles. The molecule has 0 radical (unpaired) electrons. The largest absolute Gasteiger partial charge is 0.534 e. The molecule has 1 aliphatic rings. The van der Waals surface area contributed by atoms with Crippen molar-refractivity contribution in [2.75, 3.05) is 0 Å². The van der Waals surface area contributed by atoms with E-state index >= 15 is 0 Å². The van der Waals surface area contributed by atoms with E-state index in [9.17, 15) is 21.6 Å². The van der Waals surface area contributed by atoms with Gasteiger partial charge < -0.3 is 4.18 Å². The summed E-state index contributed by atoms with van der Waals surface area (Å²) in [6.07, 6.45) is 1.57. The Bertz CT molecular complexity index is 714. The van der Waals surface area contributed by atoms with E-state index in [2.05, 4.69) is 4.18 Å². The van der Waals surface area contributed by atoms with Crippen LogP contribution in [0.3, 0.4) is 0 Å². The van der Waals surface area contributed by atoms with Gasteiger partial charge in [0.05, 0.1) is 11.6 Å². The lowest BCUT2D eigenvalue weighted by Gasteiger charge is -2.17. The Morgan fingerprint density at radius 3 is 2.55 bits per heavy atom. The van der Waals surface area contributed by atoms with Crippen LogP contribution in [0.5, 0.6) is 0 Å². The Morgan fingerprint density at radius 2 is 1.95 bits per heavy atom. The predicted octanol–water partition coefficient (Wildman–Crippen LogP) is 2.71. The second-order valence-corrected chi connectivity index (χ2v) is 5.66. The maximum atomic E-state index is 12.2. The first-order chi connectivity index (χ1) is 9.23. The molecule has 0 unspecified atom stereocenters. The van der Waals surface area contributed by atoms with Gasteiger partial charge in [0.15, 0.2) is 0 Å². The Labute approximate surface area is 113 Å². The summed E-state index contributed by atoms with van der Waals surface area (Å²) in [5, 5.41) is 8.74. The first kappa shape index (κ1) is 14.4. The summed E-state index contributed by atoms with van der Waals surface area (Å²) in [4.78, 5) is 0. The van der Waals surface area contributed by atoms with Crippen LogP contribution in [0.1, 0.15) is 23.1 Å². The number of hydrogen-bond acceptors (Lipinski definition) is 4. The minimum atomic E-state index is -5.63. The highest BCUT2D eigenvalue weighted by atomic mass is 32.2. The summed E-state index contributed by atoms with van der Waals surface area (Å²) in [6.45, 7) is 0. The number of aryl methyl sites for hydroxylation is 1. The number of rotatable bonds is 2. The molecule has 0 aliphatic heterocycles. The van der Waals surface area contributed by atoms with Gasteiger partial charge in [0.2, 0.25) is 0 Å². The quantitative estimate of drug-likeness (QED) is 0.622. The molecule has 0 atom stereocenters. The van der Waals surface area contributed by atoms with Crippen molar-refractivity contribution in [3.8, 4) is 6.07 Å². The second kappa shape index (κ2) is 4.83. The summed E-state index contributed by atoms with van der Waals surface area (Å²) in [7, 11) is -5.63. The normalized spacial score (nSPS) is 15.0. The van der Waals surface area contributed by atoms with Crippen molar-refractivity contribution in [2.45, 2.75) is 18.3 Å². The van der Waals surface area contributed by atoms with E-state index in [0.717, 1.165) is 5.56 Å². The van der Waals surface area contributed by atoms with Crippen molar-refractivity contribution in [3.63, 3.8) is 0 Å². The highest BCUT2D eigenvalue weighted by molar-refractivity contribution is 7.87. The molecule has 106 valence electrons. The number of allylic oxidation sites excluding steroid dienone is 1. The number of halogens is 3. The highest BCUT2D eigenvalue weighted by Crippen LogP contribution is 2.31. The van der Waals surface area contributed by atoms with Gasteiger partial charge in [0.1, 0.15) is 5.76 Å². The molecule has 0 N–H and O–H groups in total. The Balaban J connectivity index is 2.29. The van der Waals surface area contributed by atoms with E-state index in [1.54, 1.807) is 6.07 Å². The van der Waals surface area contributed by atoms with Crippen molar-refractivity contribution in [1.82, 2.24) is 0 Å². The van der Waals surface area contributed by atoms with Crippen LogP contribution in [-0.4, -0.2) is 13.9 Å². The molecule has 0 saturated carbocycles. The van der Waals surface area contributed by atoms with Crippen LogP contribution in [0, 0.1) is 11.3 Å². The summed E-state index contributed by atoms with van der Waals surface area (Å²) in [6, 6.07) is 6.60. The lowest BCUT2D eigenvalue weighted by Crippen LogP contribution is -2.25. The van der Waals surface area contributed by atoms with Gasteiger partial charge in [-0.2, -0.15) is 26.9 Å². The van der Waals surface area contributed by atoms with E-state index in [4.69, 9.17) is 5.26 Å². The minimum absolute atomic E-state index is 0.0250. The van der Waals surface area contributed by atoms with Crippen LogP contribution in [0.25, 0.3) is 6.08 Å². The predicted molar refractivity (Wildman–Crippen MR) is 63.5 cm³/mol. The van der Waals surface area contributed by atoms with Gasteiger partial charge in [0, 0.05) is 6.42 Å². The molecule has 0 amide bonds. The maximum absolute atomic E-state index is 12.2. The molecule has 0 aromatic heterocycles. The third kappa shape index (κ3) is 2.77. The summed E-state index contributed by atoms with van der Waals surface area (Å²) < 4.78 is 62.5. The number of hydrogen-bond donors (Lipinski definition) is 0. The van der Waals surface area contributed by atoms with Gasteiger partial charge in [-0.05, 0) is 35.8 Å². The second-order valence-electron chi connectivity index (χ2n) is 4.12. The molecule has 0 heterocycles. The van der Waals surface area contributed by atoms with E-state index in [0.29, 0.717) is 17.5 Å². The first-order valence-corrected chi connectivity index (χ1v) is 6.88. The van der Waals surface area contributed by atoms with Gasteiger partial charge in [-0.15, -0.1) is 0 Å². The smallest absolute Gasteiger partial charge is 0.381 e. The Kier molecular flexibility index (Phi) is 3.48. The maximum Gasteiger partial charge on any atom is 0.534 e. The monoisotopic (exact) mass is 303 g/mol. The van der Waals surface area contributed by atoms with E-state index < -0.39 is 15.6 Å². The molecule has 4 nitrogen and oxygen atoms in total. The van der Waals surface area contributed by atoms with Crippen molar-refractivity contribution in [2.24, 2.45) is 0 Å². The third-order valence-electron chi connectivity index (χ3n) is 2.73. The molecule has 20 heavy (non-hydrogen) atoms. The zero-order chi connectivity index (χ0) is 15.0. The van der Waals surface area contributed by atoms with Crippen molar-refractivity contribution >= 4 is 16.2 Å². The molecular weight excluding hydrogens is 295 g/mol. The minimum Gasteiger partial charge on any atom is -0.381 e. The van der Waals surface area contributed by atoms with Crippen molar-refractivity contribution in [1.29, 1.82) is 5.26 Å². The van der Waals surface area contributed by atoms with Crippen molar-refractivity contribution < 1.29 is 25.8 Å². The first-order valence-electron chi connectivity index (χ1n) is 5.47. The molecule has 0 fully saturated rings. The summed E-state index contributed by atoms with van der Waals surface area (Å²) >= 11 is 0. The third-order valence-corrected chi connectivity index (χ3v) is 3.73. The average Bonchev–Trinajstić information content (AvgIpc) is 2.36. The molecule has 8 heteroatoms. The van der Waals surface area contributed by atoms with Crippen LogP contribution in [0.2, 0.25) is 0 Å². The molecule has 1 aromatic rings. The van der Waals surface area contributed by atoms with Gasteiger partial charge in [-0.25, -0.2) is 0 Å². The fraction of sp³-hybridized carbons (Fsp3) is 0.250. The van der Waals surface area contributed by atoms with Crippen LogP contribution >= 0.6 is 0 Å². The van der Waals surface area contributed by atoms with Crippen LogP contribution in [0.4, 0.5) is 13.2 Å². The fourth-order valence-corrected chi connectivity index (χ4v) is 2.30. The van der Waals surface area contributed by atoms with Gasteiger partial charge in [-0.3, -0.25) is 0 Å². The number of nitriles is 1. The van der Waals surface area contributed by atoms with Crippen LogP contribution in [0.15, 0.2) is 24.0 Å². The standard InChI is InChI=1S/C12H8F3NO3S/c13-12(14,15)20(17,18)19-11-4-3-9-5-8(7-16)1-2-10(9)6-11/h1-2,5-6H,3-4H2. The molecule has 0 bridgehead atoms. The SMILES string of the molecule is N#Cc1ccc2c(c1)CCC(OS(=O)(=O)C(F)(F)F)=C2. The highest BCUT2D eigenvalue weighted by Gasteiger charge is 2.48. The number of benzene rings is 1. The molecule has 0 saturated heterocycles. The van der Waals surface area contributed by atoms with Crippen LogP contribution < -0.4 is 0 Å². The summed E-state index contributed by atoms with van der Waals surface area (Å²) in [5.41, 5.74) is -3.70. The van der Waals surface area contributed by atoms with Gasteiger partial charge >= 0.3 is 15.6 Å². The zero-order valence-electron chi connectivity index (χ0n) is 9.94. The molecule has 0 spiro atoms. The number of alkyl halides is 3. The average molecular weight is 303 g/mol. The zero-order valence-corrected chi connectivity index (χ0v) is 10.8.